The molecule has 1 heterocycles. The van der Waals surface area contributed by atoms with Gasteiger partial charge in [0.15, 0.2) is 0 Å². The Balaban J connectivity index is 2.35. The second-order valence-corrected chi connectivity index (χ2v) is 3.65. The molecule has 0 fully saturated rings. The zero-order valence-corrected chi connectivity index (χ0v) is 8.82. The van der Waals surface area contributed by atoms with Crippen molar-refractivity contribution in [3.63, 3.8) is 0 Å². The molecule has 2 rings (SSSR count). The van der Waals surface area contributed by atoms with E-state index in [-0.39, 0.29) is 5.92 Å². The Bertz CT molecular complexity index is 428. The maximum Gasteiger partial charge on any atom is 0.202 e. The molecule has 78 valence electrons. The van der Waals surface area contributed by atoms with Crippen LogP contribution in [-0.4, -0.2) is 11.5 Å². The first-order valence-corrected chi connectivity index (χ1v) is 5.04. The van der Waals surface area contributed by atoms with Gasteiger partial charge in [0.25, 0.3) is 0 Å². The molecule has 1 aromatic carbocycles. The van der Waals surface area contributed by atoms with E-state index in [0.717, 1.165) is 5.56 Å². The summed E-state index contributed by atoms with van der Waals surface area (Å²) in [6, 6.07) is 7.56. The average Bonchev–Trinajstić information content (AvgIpc) is 2.72. The molecule has 0 aliphatic carbocycles. The van der Waals surface area contributed by atoms with Gasteiger partial charge in [0.05, 0.1) is 12.1 Å². The van der Waals surface area contributed by atoms with Gasteiger partial charge < -0.3 is 10.2 Å². The number of halogens is 1. The zero-order valence-electron chi connectivity index (χ0n) is 8.06. The predicted octanol–water partition coefficient (Wildman–Crippen LogP) is 2.42. The van der Waals surface area contributed by atoms with Crippen molar-refractivity contribution in [2.24, 2.45) is 5.73 Å². The Labute approximate surface area is 92.9 Å². The van der Waals surface area contributed by atoms with E-state index in [1.807, 2.05) is 24.3 Å². The highest BCUT2D eigenvalue weighted by atomic mass is 35.5. The molecule has 0 bridgehead atoms. The fourth-order valence-corrected chi connectivity index (χ4v) is 1.71. The van der Waals surface area contributed by atoms with Crippen molar-refractivity contribution in [2.75, 3.05) is 6.54 Å². The molecule has 15 heavy (non-hydrogen) atoms. The number of oxazole rings is 1. The molecule has 0 aliphatic rings. The fourth-order valence-electron chi connectivity index (χ4n) is 1.51. The standard InChI is InChI=1S/C11H11ClN2O/c12-9-3-1-2-8(6-9)10(7-13)11-14-4-5-15-11/h1-6,10H,7,13H2. The first-order valence-electron chi connectivity index (χ1n) is 4.66. The lowest BCUT2D eigenvalue weighted by Crippen LogP contribution is -2.14. The maximum absolute atomic E-state index is 5.92. The van der Waals surface area contributed by atoms with Crippen LogP contribution >= 0.6 is 11.6 Å². The third kappa shape index (κ3) is 2.19. The van der Waals surface area contributed by atoms with Crippen molar-refractivity contribution in [1.29, 1.82) is 0 Å². The third-order valence-electron chi connectivity index (χ3n) is 2.24. The summed E-state index contributed by atoms with van der Waals surface area (Å²) < 4.78 is 5.25. The second kappa shape index (κ2) is 4.47. The lowest BCUT2D eigenvalue weighted by Gasteiger charge is -2.11. The number of rotatable bonds is 3. The van der Waals surface area contributed by atoms with Gasteiger partial charge in [0, 0.05) is 11.6 Å². The van der Waals surface area contributed by atoms with Crippen molar-refractivity contribution in [1.82, 2.24) is 4.98 Å². The van der Waals surface area contributed by atoms with Crippen LogP contribution in [0.5, 0.6) is 0 Å². The number of aromatic nitrogens is 1. The molecule has 1 atom stereocenters. The normalized spacial score (nSPS) is 12.7. The molecule has 0 radical (unpaired) electrons. The summed E-state index contributed by atoms with van der Waals surface area (Å²) in [6.45, 7) is 0.445. The van der Waals surface area contributed by atoms with Crippen molar-refractivity contribution in [3.8, 4) is 0 Å². The third-order valence-corrected chi connectivity index (χ3v) is 2.47. The van der Waals surface area contributed by atoms with E-state index >= 15 is 0 Å². The first kappa shape index (κ1) is 10.2. The molecular weight excluding hydrogens is 212 g/mol. The van der Waals surface area contributed by atoms with Crippen LogP contribution in [0, 0.1) is 0 Å². The number of nitrogens with zero attached hydrogens (tertiary/aromatic N) is 1. The van der Waals surface area contributed by atoms with Crippen LogP contribution in [0.2, 0.25) is 5.02 Å². The van der Waals surface area contributed by atoms with Crippen molar-refractivity contribution in [3.05, 3.63) is 53.2 Å². The minimum atomic E-state index is -0.0290. The molecule has 2 N–H and O–H groups in total. The van der Waals surface area contributed by atoms with Gasteiger partial charge in [-0.2, -0.15) is 0 Å². The van der Waals surface area contributed by atoms with Crippen molar-refractivity contribution < 1.29 is 4.42 Å². The van der Waals surface area contributed by atoms with E-state index in [9.17, 15) is 0 Å². The zero-order chi connectivity index (χ0) is 10.7. The summed E-state index contributed by atoms with van der Waals surface area (Å²) in [5.74, 6) is 0.596. The lowest BCUT2D eigenvalue weighted by molar-refractivity contribution is 0.472. The highest BCUT2D eigenvalue weighted by molar-refractivity contribution is 6.30. The van der Waals surface area contributed by atoms with Gasteiger partial charge in [-0.1, -0.05) is 23.7 Å². The summed E-state index contributed by atoms with van der Waals surface area (Å²) in [4.78, 5) is 4.10. The van der Waals surface area contributed by atoms with Crippen LogP contribution in [-0.2, 0) is 0 Å². The van der Waals surface area contributed by atoms with Crippen molar-refractivity contribution in [2.45, 2.75) is 5.92 Å². The molecule has 0 saturated heterocycles. The smallest absolute Gasteiger partial charge is 0.202 e. The summed E-state index contributed by atoms with van der Waals surface area (Å²) in [5, 5.41) is 0.692. The quantitative estimate of drug-likeness (QED) is 0.868. The molecule has 3 nitrogen and oxygen atoms in total. The van der Waals surface area contributed by atoms with Crippen LogP contribution in [0.4, 0.5) is 0 Å². The summed E-state index contributed by atoms with van der Waals surface area (Å²) >= 11 is 5.92. The molecule has 0 amide bonds. The van der Waals surface area contributed by atoms with E-state index in [2.05, 4.69) is 4.98 Å². The lowest BCUT2D eigenvalue weighted by atomic mass is 9.99. The summed E-state index contributed by atoms with van der Waals surface area (Å²) in [5.41, 5.74) is 6.72. The monoisotopic (exact) mass is 222 g/mol. The first-order chi connectivity index (χ1) is 7.31. The molecule has 2 aromatic rings. The van der Waals surface area contributed by atoms with E-state index in [0.29, 0.717) is 17.5 Å². The van der Waals surface area contributed by atoms with Gasteiger partial charge >= 0.3 is 0 Å². The predicted molar refractivity (Wildman–Crippen MR) is 58.9 cm³/mol. The second-order valence-electron chi connectivity index (χ2n) is 3.21. The molecule has 1 aromatic heterocycles. The van der Waals surface area contributed by atoms with Gasteiger partial charge in [-0.25, -0.2) is 4.98 Å². The summed E-state index contributed by atoms with van der Waals surface area (Å²) in [7, 11) is 0. The molecule has 4 heteroatoms. The number of benzene rings is 1. The SMILES string of the molecule is NCC(c1cccc(Cl)c1)c1ncco1. The molecule has 0 saturated carbocycles. The van der Waals surface area contributed by atoms with E-state index in [1.54, 1.807) is 12.5 Å². The molecule has 1 unspecified atom stereocenters. The minimum absolute atomic E-state index is 0.0290. The number of hydrogen-bond donors (Lipinski definition) is 1. The van der Waals surface area contributed by atoms with Crippen LogP contribution in [0.1, 0.15) is 17.4 Å². The van der Waals surface area contributed by atoms with Crippen LogP contribution in [0.25, 0.3) is 0 Å². The Hall–Kier alpha value is -1.32. The van der Waals surface area contributed by atoms with Crippen LogP contribution in [0.15, 0.2) is 41.1 Å². The molecule has 0 aliphatic heterocycles. The Morgan fingerprint density at radius 1 is 1.47 bits per heavy atom. The van der Waals surface area contributed by atoms with E-state index in [1.165, 1.54) is 0 Å². The van der Waals surface area contributed by atoms with E-state index < -0.39 is 0 Å². The van der Waals surface area contributed by atoms with Gasteiger partial charge in [-0.05, 0) is 17.7 Å². The topological polar surface area (TPSA) is 52.0 Å². The molecular formula is C11H11ClN2O. The Morgan fingerprint density at radius 3 is 2.93 bits per heavy atom. The Morgan fingerprint density at radius 2 is 2.33 bits per heavy atom. The summed E-state index contributed by atoms with van der Waals surface area (Å²) in [6.07, 6.45) is 3.16. The largest absolute Gasteiger partial charge is 0.448 e. The van der Waals surface area contributed by atoms with Gasteiger partial charge in [0.2, 0.25) is 5.89 Å². The number of hydrogen-bond acceptors (Lipinski definition) is 3. The number of nitrogens with two attached hydrogens (primary N) is 1. The minimum Gasteiger partial charge on any atom is -0.448 e. The van der Waals surface area contributed by atoms with Crippen molar-refractivity contribution >= 4 is 11.6 Å². The highest BCUT2D eigenvalue weighted by Gasteiger charge is 2.16. The Kier molecular flexibility index (Phi) is 3.04. The van der Waals surface area contributed by atoms with Crippen LogP contribution in [0.3, 0.4) is 0 Å². The van der Waals surface area contributed by atoms with Gasteiger partial charge in [-0.15, -0.1) is 0 Å². The van der Waals surface area contributed by atoms with Gasteiger partial charge in [0.1, 0.15) is 6.26 Å². The van der Waals surface area contributed by atoms with E-state index in [4.69, 9.17) is 21.8 Å². The van der Waals surface area contributed by atoms with Crippen LogP contribution < -0.4 is 5.73 Å². The highest BCUT2D eigenvalue weighted by Crippen LogP contribution is 2.24. The average molecular weight is 223 g/mol. The molecule has 0 spiro atoms. The van der Waals surface area contributed by atoms with Gasteiger partial charge in [-0.3, -0.25) is 0 Å². The fraction of sp³-hybridized carbons (Fsp3) is 0.182. The maximum atomic E-state index is 5.92.